The van der Waals surface area contributed by atoms with Gasteiger partial charge in [0.2, 0.25) is 5.91 Å². The molecule has 1 atom stereocenters. The van der Waals surface area contributed by atoms with E-state index in [1.165, 1.54) is 0 Å². The number of carbonyl (C=O) groups is 1. The molecule has 3 nitrogen and oxygen atoms in total. The van der Waals surface area contributed by atoms with E-state index >= 15 is 0 Å². The van der Waals surface area contributed by atoms with Gasteiger partial charge in [0.05, 0.1) is 12.6 Å². The topological polar surface area (TPSA) is 40.5 Å². The maximum Gasteiger partial charge on any atom is 0.246 e. The van der Waals surface area contributed by atoms with Gasteiger partial charge in [-0.15, -0.1) is 0 Å². The molecule has 1 fully saturated rings. The second-order valence-corrected chi connectivity index (χ2v) is 4.83. The van der Waals surface area contributed by atoms with Crippen LogP contribution in [-0.2, 0) is 4.79 Å². The number of hydrogen-bond donors (Lipinski definition) is 1. The fourth-order valence-electron chi connectivity index (χ4n) is 2.15. The predicted octanol–water partition coefficient (Wildman–Crippen LogP) is 2.34. The number of aliphatic hydroxyl groups is 1. The van der Waals surface area contributed by atoms with E-state index in [-0.39, 0.29) is 18.6 Å². The fraction of sp³-hybridized carbons (Fsp3) is 0.357. The summed E-state index contributed by atoms with van der Waals surface area (Å²) in [5.74, 6) is -0.0403. The minimum absolute atomic E-state index is 0.0210. The van der Waals surface area contributed by atoms with Crippen LogP contribution in [0.25, 0.3) is 6.08 Å². The van der Waals surface area contributed by atoms with Gasteiger partial charge in [0.1, 0.15) is 0 Å². The Balaban J connectivity index is 2.00. The Morgan fingerprint density at radius 3 is 2.83 bits per heavy atom. The molecule has 18 heavy (non-hydrogen) atoms. The van der Waals surface area contributed by atoms with E-state index in [0.29, 0.717) is 5.02 Å². The molecule has 4 heteroatoms. The third kappa shape index (κ3) is 3.12. The molecule has 0 aliphatic carbocycles. The van der Waals surface area contributed by atoms with Crippen LogP contribution >= 0.6 is 11.6 Å². The number of likely N-dealkylation sites (tertiary alicyclic amines) is 1. The molecule has 1 aromatic rings. The van der Waals surface area contributed by atoms with Crippen molar-refractivity contribution in [2.24, 2.45) is 0 Å². The van der Waals surface area contributed by atoms with Crippen LogP contribution in [0, 0.1) is 0 Å². The maximum atomic E-state index is 12.0. The van der Waals surface area contributed by atoms with E-state index in [0.717, 1.165) is 24.9 Å². The highest BCUT2D eigenvalue weighted by molar-refractivity contribution is 6.30. The van der Waals surface area contributed by atoms with Crippen LogP contribution in [0.15, 0.2) is 30.3 Å². The lowest BCUT2D eigenvalue weighted by atomic mass is 10.2. The van der Waals surface area contributed by atoms with Crippen molar-refractivity contribution >= 4 is 23.6 Å². The number of amides is 1. The van der Waals surface area contributed by atoms with E-state index in [9.17, 15) is 4.79 Å². The van der Waals surface area contributed by atoms with Crippen LogP contribution in [0.5, 0.6) is 0 Å². The first-order valence-electron chi connectivity index (χ1n) is 6.06. The van der Waals surface area contributed by atoms with Crippen LogP contribution in [0.2, 0.25) is 5.02 Å². The second kappa shape index (κ2) is 6.03. The zero-order valence-corrected chi connectivity index (χ0v) is 10.8. The number of carbonyl (C=O) groups excluding carboxylic acids is 1. The third-order valence-corrected chi connectivity index (χ3v) is 3.41. The summed E-state index contributed by atoms with van der Waals surface area (Å²) in [4.78, 5) is 13.7. The van der Waals surface area contributed by atoms with Crippen molar-refractivity contribution in [3.8, 4) is 0 Å². The molecular formula is C14H16ClNO2. The van der Waals surface area contributed by atoms with Gasteiger partial charge in [-0.05, 0) is 36.6 Å². The smallest absolute Gasteiger partial charge is 0.246 e. The number of aliphatic hydroxyl groups excluding tert-OH is 1. The van der Waals surface area contributed by atoms with Crippen LogP contribution in [0.1, 0.15) is 18.4 Å². The first-order valence-corrected chi connectivity index (χ1v) is 6.43. The lowest BCUT2D eigenvalue weighted by Gasteiger charge is -2.21. The average Bonchev–Trinajstić information content (AvgIpc) is 2.86. The molecule has 1 N–H and O–H groups in total. The highest BCUT2D eigenvalue weighted by atomic mass is 35.5. The molecule has 0 unspecified atom stereocenters. The van der Waals surface area contributed by atoms with Crippen molar-refractivity contribution in [3.05, 3.63) is 40.9 Å². The van der Waals surface area contributed by atoms with Crippen molar-refractivity contribution in [1.29, 1.82) is 0 Å². The maximum absolute atomic E-state index is 12.0. The normalized spacial score (nSPS) is 19.7. The average molecular weight is 266 g/mol. The summed E-state index contributed by atoms with van der Waals surface area (Å²) < 4.78 is 0. The van der Waals surface area contributed by atoms with E-state index in [1.54, 1.807) is 29.2 Å². The largest absolute Gasteiger partial charge is 0.394 e. The Hall–Kier alpha value is -1.32. The SMILES string of the molecule is O=C(C=Cc1ccc(Cl)cc1)N1CCC[C@@H]1CO. The summed E-state index contributed by atoms with van der Waals surface area (Å²) in [6, 6.07) is 7.28. The molecule has 0 saturated carbocycles. The van der Waals surface area contributed by atoms with Gasteiger partial charge >= 0.3 is 0 Å². The first kappa shape index (κ1) is 13.1. The summed E-state index contributed by atoms with van der Waals surface area (Å²) in [6.45, 7) is 0.773. The fourth-order valence-corrected chi connectivity index (χ4v) is 2.28. The number of benzene rings is 1. The molecule has 1 aliphatic heterocycles. The summed E-state index contributed by atoms with van der Waals surface area (Å²) in [7, 11) is 0. The van der Waals surface area contributed by atoms with Crippen molar-refractivity contribution in [2.45, 2.75) is 18.9 Å². The van der Waals surface area contributed by atoms with Crippen LogP contribution in [0.4, 0.5) is 0 Å². The lowest BCUT2D eigenvalue weighted by molar-refractivity contribution is -0.127. The molecule has 1 saturated heterocycles. The van der Waals surface area contributed by atoms with Crippen molar-refractivity contribution in [3.63, 3.8) is 0 Å². The van der Waals surface area contributed by atoms with E-state index in [4.69, 9.17) is 16.7 Å². The zero-order valence-electron chi connectivity index (χ0n) is 10.1. The molecule has 1 amide bonds. The molecular weight excluding hydrogens is 250 g/mol. The standard InChI is InChI=1S/C14H16ClNO2/c15-12-6-3-11(4-7-12)5-8-14(18)16-9-1-2-13(16)10-17/h3-8,13,17H,1-2,9-10H2/t13-/m1/s1. The Bertz CT molecular complexity index is 442. The van der Waals surface area contributed by atoms with Gasteiger partial charge < -0.3 is 10.0 Å². The molecule has 0 bridgehead atoms. The van der Waals surface area contributed by atoms with E-state index in [2.05, 4.69) is 0 Å². The predicted molar refractivity (Wildman–Crippen MR) is 72.3 cm³/mol. The summed E-state index contributed by atoms with van der Waals surface area (Å²) >= 11 is 5.79. The van der Waals surface area contributed by atoms with Crippen LogP contribution in [0.3, 0.4) is 0 Å². The van der Waals surface area contributed by atoms with Gasteiger partial charge in [0.15, 0.2) is 0 Å². The van der Waals surface area contributed by atoms with Gasteiger partial charge in [0, 0.05) is 17.6 Å². The van der Waals surface area contributed by atoms with E-state index in [1.807, 2.05) is 12.1 Å². The Morgan fingerprint density at radius 2 is 2.17 bits per heavy atom. The highest BCUT2D eigenvalue weighted by Gasteiger charge is 2.26. The molecule has 1 aliphatic rings. The monoisotopic (exact) mass is 265 g/mol. The van der Waals surface area contributed by atoms with E-state index < -0.39 is 0 Å². The minimum atomic E-state index is -0.0403. The minimum Gasteiger partial charge on any atom is -0.394 e. The lowest BCUT2D eigenvalue weighted by Crippen LogP contribution is -2.36. The molecule has 96 valence electrons. The molecule has 0 aromatic heterocycles. The van der Waals surface area contributed by atoms with Crippen LogP contribution in [-0.4, -0.2) is 35.1 Å². The highest BCUT2D eigenvalue weighted by Crippen LogP contribution is 2.17. The second-order valence-electron chi connectivity index (χ2n) is 4.40. The third-order valence-electron chi connectivity index (χ3n) is 3.16. The van der Waals surface area contributed by atoms with Gasteiger partial charge in [-0.3, -0.25) is 4.79 Å². The van der Waals surface area contributed by atoms with Crippen LogP contribution < -0.4 is 0 Å². The van der Waals surface area contributed by atoms with Crippen molar-refractivity contribution in [1.82, 2.24) is 4.90 Å². The van der Waals surface area contributed by atoms with Gasteiger partial charge in [-0.25, -0.2) is 0 Å². The van der Waals surface area contributed by atoms with Gasteiger partial charge in [-0.2, -0.15) is 0 Å². The van der Waals surface area contributed by atoms with Crippen molar-refractivity contribution in [2.75, 3.05) is 13.2 Å². The molecule has 0 spiro atoms. The number of hydrogen-bond acceptors (Lipinski definition) is 2. The molecule has 1 aromatic carbocycles. The number of nitrogens with zero attached hydrogens (tertiary/aromatic N) is 1. The molecule has 2 rings (SSSR count). The Kier molecular flexibility index (Phi) is 4.39. The Labute approximate surface area is 112 Å². The summed E-state index contributed by atoms with van der Waals surface area (Å²) in [5, 5.41) is 9.85. The molecule has 0 radical (unpaired) electrons. The zero-order chi connectivity index (χ0) is 13.0. The number of halogens is 1. The Morgan fingerprint density at radius 1 is 1.44 bits per heavy atom. The first-order chi connectivity index (χ1) is 8.70. The van der Waals surface area contributed by atoms with Gasteiger partial charge in [-0.1, -0.05) is 23.7 Å². The van der Waals surface area contributed by atoms with Crippen molar-refractivity contribution < 1.29 is 9.90 Å². The number of rotatable bonds is 3. The summed E-state index contributed by atoms with van der Waals surface area (Å²) in [6.07, 6.45) is 5.17. The summed E-state index contributed by atoms with van der Waals surface area (Å²) in [5.41, 5.74) is 0.937. The molecule has 1 heterocycles. The van der Waals surface area contributed by atoms with Gasteiger partial charge in [0.25, 0.3) is 0 Å². The quantitative estimate of drug-likeness (QED) is 0.853.